The van der Waals surface area contributed by atoms with E-state index in [1.807, 2.05) is 13.8 Å². The maximum atomic E-state index is 11.6. The molecule has 0 saturated carbocycles. The number of rotatable bonds is 2. The summed E-state index contributed by atoms with van der Waals surface area (Å²) < 4.78 is 1.73. The van der Waals surface area contributed by atoms with Gasteiger partial charge in [0, 0.05) is 6.04 Å². The smallest absolute Gasteiger partial charge is 0.335 e. The van der Waals surface area contributed by atoms with Crippen LogP contribution in [0.2, 0.25) is 0 Å². The molecular formula is C11H12N2O3. The van der Waals surface area contributed by atoms with Gasteiger partial charge in [-0.15, -0.1) is 0 Å². The Morgan fingerprint density at radius 1 is 1.44 bits per heavy atom. The van der Waals surface area contributed by atoms with Gasteiger partial charge in [-0.25, -0.2) is 4.79 Å². The Labute approximate surface area is 91.3 Å². The molecule has 1 heterocycles. The van der Waals surface area contributed by atoms with E-state index in [1.54, 1.807) is 10.7 Å². The van der Waals surface area contributed by atoms with Gasteiger partial charge in [0.25, 0.3) is 5.56 Å². The van der Waals surface area contributed by atoms with Gasteiger partial charge in [0.05, 0.1) is 16.5 Å². The number of fused-ring (bicyclic) bond motifs is 1. The second-order valence-corrected chi connectivity index (χ2v) is 3.94. The van der Waals surface area contributed by atoms with E-state index in [9.17, 15) is 9.59 Å². The Kier molecular flexibility index (Phi) is 2.30. The molecule has 0 aliphatic carbocycles. The molecule has 5 nitrogen and oxygen atoms in total. The lowest BCUT2D eigenvalue weighted by Crippen LogP contribution is -2.07. The highest BCUT2D eigenvalue weighted by Crippen LogP contribution is 2.16. The van der Waals surface area contributed by atoms with Crippen LogP contribution in [-0.4, -0.2) is 20.9 Å². The van der Waals surface area contributed by atoms with E-state index in [1.165, 1.54) is 12.1 Å². The van der Waals surface area contributed by atoms with Crippen LogP contribution in [0, 0.1) is 0 Å². The first-order valence-corrected chi connectivity index (χ1v) is 4.98. The van der Waals surface area contributed by atoms with Crippen molar-refractivity contribution in [1.82, 2.24) is 9.78 Å². The highest BCUT2D eigenvalue weighted by Gasteiger charge is 2.11. The molecule has 0 aliphatic rings. The molecule has 0 unspecified atom stereocenters. The first-order valence-electron chi connectivity index (χ1n) is 4.98. The maximum Gasteiger partial charge on any atom is 0.335 e. The van der Waals surface area contributed by atoms with E-state index in [2.05, 4.69) is 5.10 Å². The van der Waals surface area contributed by atoms with Gasteiger partial charge in [0.15, 0.2) is 0 Å². The van der Waals surface area contributed by atoms with E-state index in [0.29, 0.717) is 5.39 Å². The Hall–Kier alpha value is -2.04. The zero-order valence-corrected chi connectivity index (χ0v) is 9.02. The molecule has 5 heteroatoms. The molecule has 84 valence electrons. The summed E-state index contributed by atoms with van der Waals surface area (Å²) in [6.07, 6.45) is 0. The number of hydrogen-bond donors (Lipinski definition) is 2. The summed E-state index contributed by atoms with van der Waals surface area (Å²) in [5.74, 6) is -1.03. The molecule has 0 aliphatic heterocycles. The molecule has 0 bridgehead atoms. The summed E-state index contributed by atoms with van der Waals surface area (Å²) in [7, 11) is 0. The van der Waals surface area contributed by atoms with Crippen molar-refractivity contribution in [3.05, 3.63) is 34.1 Å². The van der Waals surface area contributed by atoms with Crippen molar-refractivity contribution >= 4 is 16.9 Å². The Bertz CT molecular complexity index is 607. The number of nitrogens with one attached hydrogen (secondary N) is 1. The average molecular weight is 220 g/mol. The number of H-pyrrole nitrogens is 1. The number of aromatic nitrogens is 2. The quantitative estimate of drug-likeness (QED) is 0.807. The highest BCUT2D eigenvalue weighted by atomic mass is 16.4. The number of benzene rings is 1. The third-order valence-electron chi connectivity index (χ3n) is 2.49. The lowest BCUT2D eigenvalue weighted by atomic mass is 10.1. The van der Waals surface area contributed by atoms with E-state index in [4.69, 9.17) is 5.11 Å². The molecule has 2 N–H and O–H groups in total. The van der Waals surface area contributed by atoms with Crippen molar-refractivity contribution in [3.63, 3.8) is 0 Å². The van der Waals surface area contributed by atoms with Crippen molar-refractivity contribution in [2.45, 2.75) is 19.9 Å². The number of carbonyl (C=O) groups is 1. The lowest BCUT2D eigenvalue weighted by Gasteiger charge is -2.07. The van der Waals surface area contributed by atoms with E-state index >= 15 is 0 Å². The fourth-order valence-corrected chi connectivity index (χ4v) is 1.70. The van der Waals surface area contributed by atoms with Gasteiger partial charge in [-0.2, -0.15) is 0 Å². The molecule has 0 atom stereocenters. The van der Waals surface area contributed by atoms with Crippen LogP contribution in [0.4, 0.5) is 0 Å². The van der Waals surface area contributed by atoms with Crippen LogP contribution < -0.4 is 5.56 Å². The van der Waals surface area contributed by atoms with Gasteiger partial charge in [0.2, 0.25) is 0 Å². The molecule has 1 aromatic heterocycles. The van der Waals surface area contributed by atoms with Crippen LogP contribution in [0.3, 0.4) is 0 Å². The van der Waals surface area contributed by atoms with Crippen LogP contribution in [0.1, 0.15) is 30.2 Å². The number of carboxylic acid groups (broad SMARTS) is 1. The van der Waals surface area contributed by atoms with Crippen molar-refractivity contribution in [3.8, 4) is 0 Å². The normalized spacial score (nSPS) is 11.2. The topological polar surface area (TPSA) is 75.1 Å². The van der Waals surface area contributed by atoms with Gasteiger partial charge in [-0.05, 0) is 32.0 Å². The minimum atomic E-state index is -1.03. The molecule has 16 heavy (non-hydrogen) atoms. The summed E-state index contributed by atoms with van der Waals surface area (Å²) >= 11 is 0. The van der Waals surface area contributed by atoms with Crippen LogP contribution in [0.15, 0.2) is 23.0 Å². The molecule has 0 spiro atoms. The monoisotopic (exact) mass is 220 g/mol. The molecule has 0 fully saturated rings. The van der Waals surface area contributed by atoms with Crippen molar-refractivity contribution in [2.24, 2.45) is 0 Å². The Morgan fingerprint density at radius 2 is 2.12 bits per heavy atom. The Morgan fingerprint density at radius 3 is 2.69 bits per heavy atom. The molecule has 2 rings (SSSR count). The number of carboxylic acids is 1. The maximum absolute atomic E-state index is 11.6. The fourth-order valence-electron chi connectivity index (χ4n) is 1.70. The average Bonchev–Trinajstić information content (AvgIpc) is 2.56. The van der Waals surface area contributed by atoms with Crippen LogP contribution in [0.5, 0.6) is 0 Å². The largest absolute Gasteiger partial charge is 0.478 e. The van der Waals surface area contributed by atoms with E-state index in [0.717, 1.165) is 5.52 Å². The van der Waals surface area contributed by atoms with Crippen molar-refractivity contribution in [1.29, 1.82) is 0 Å². The van der Waals surface area contributed by atoms with Gasteiger partial charge in [-0.3, -0.25) is 14.6 Å². The molecule has 0 saturated heterocycles. The first-order chi connectivity index (χ1) is 7.50. The number of hydrogen-bond acceptors (Lipinski definition) is 2. The number of aromatic carboxylic acids is 1. The minimum absolute atomic E-state index is 0.125. The predicted molar refractivity (Wildman–Crippen MR) is 59.9 cm³/mol. The fraction of sp³-hybridized carbons (Fsp3) is 0.273. The zero-order valence-electron chi connectivity index (χ0n) is 9.02. The van der Waals surface area contributed by atoms with Gasteiger partial charge >= 0.3 is 5.97 Å². The van der Waals surface area contributed by atoms with Crippen LogP contribution in [-0.2, 0) is 0 Å². The van der Waals surface area contributed by atoms with Gasteiger partial charge < -0.3 is 5.11 Å². The third kappa shape index (κ3) is 1.50. The Balaban J connectivity index is 2.76. The SMILES string of the molecule is CC(C)n1[nH]c(=O)c2cc(C(=O)O)ccc21. The highest BCUT2D eigenvalue weighted by molar-refractivity contribution is 5.93. The molecular weight excluding hydrogens is 208 g/mol. The molecule has 2 aromatic rings. The van der Waals surface area contributed by atoms with Crippen molar-refractivity contribution < 1.29 is 9.90 Å². The predicted octanol–water partition coefficient (Wildman–Crippen LogP) is 1.61. The summed E-state index contributed by atoms with van der Waals surface area (Å²) in [6.45, 7) is 3.89. The van der Waals surface area contributed by atoms with Crippen molar-refractivity contribution in [2.75, 3.05) is 0 Å². The van der Waals surface area contributed by atoms with Crippen LogP contribution >= 0.6 is 0 Å². The zero-order chi connectivity index (χ0) is 11.9. The molecule has 0 amide bonds. The lowest BCUT2D eigenvalue weighted by molar-refractivity contribution is 0.0697. The summed E-state index contributed by atoms with van der Waals surface area (Å²) in [6, 6.07) is 4.67. The number of nitrogens with zero attached hydrogens (tertiary/aromatic N) is 1. The van der Waals surface area contributed by atoms with Gasteiger partial charge in [0.1, 0.15) is 0 Å². The summed E-state index contributed by atoms with van der Waals surface area (Å²) in [5.41, 5.74) is 0.594. The standard InChI is InChI=1S/C11H12N2O3/c1-6(2)13-9-4-3-7(11(15)16)5-8(9)10(14)12-13/h3-6H,1-2H3,(H,12,14)(H,15,16). The molecule has 1 aromatic carbocycles. The second-order valence-electron chi connectivity index (χ2n) is 3.94. The minimum Gasteiger partial charge on any atom is -0.478 e. The number of aromatic amines is 1. The second kappa shape index (κ2) is 3.52. The summed E-state index contributed by atoms with van der Waals surface area (Å²) in [4.78, 5) is 22.4. The molecule has 0 radical (unpaired) electrons. The summed E-state index contributed by atoms with van der Waals surface area (Å²) in [5, 5.41) is 11.9. The van der Waals surface area contributed by atoms with Gasteiger partial charge in [-0.1, -0.05) is 0 Å². The first kappa shape index (κ1) is 10.5. The van der Waals surface area contributed by atoms with Crippen LogP contribution in [0.25, 0.3) is 10.9 Å². The van der Waals surface area contributed by atoms with E-state index < -0.39 is 5.97 Å². The van der Waals surface area contributed by atoms with E-state index in [-0.39, 0.29) is 17.2 Å². The third-order valence-corrected chi connectivity index (χ3v) is 2.49.